The van der Waals surface area contributed by atoms with Gasteiger partial charge in [0.1, 0.15) is 0 Å². The predicted octanol–water partition coefficient (Wildman–Crippen LogP) is 2.67. The Morgan fingerprint density at radius 1 is 1.24 bits per heavy atom. The topological polar surface area (TPSA) is 75.3 Å². The average Bonchev–Trinajstić information content (AvgIpc) is 2.63. The molecule has 1 aliphatic heterocycles. The van der Waals surface area contributed by atoms with Crippen LogP contribution in [0, 0.1) is 0 Å². The SMILES string of the molecule is CC(C)NC(=O)[N+]1(c2cc(Cl)cc(Cl)c2)CC(=O)NC1=O. The fourth-order valence-corrected chi connectivity index (χ4v) is 2.66. The third-order valence-electron chi connectivity index (χ3n) is 3.02. The molecule has 0 saturated carbocycles. The van der Waals surface area contributed by atoms with E-state index in [0.717, 1.165) is 0 Å². The first-order valence-corrected chi connectivity index (χ1v) is 7.01. The van der Waals surface area contributed by atoms with E-state index in [1.807, 2.05) is 0 Å². The molecule has 1 aromatic carbocycles. The lowest BCUT2D eigenvalue weighted by atomic mass is 10.2. The van der Waals surface area contributed by atoms with Gasteiger partial charge in [-0.1, -0.05) is 23.2 Å². The van der Waals surface area contributed by atoms with Gasteiger partial charge in [-0.3, -0.25) is 4.79 Å². The monoisotopic (exact) mass is 330 g/mol. The Kier molecular flexibility index (Phi) is 4.22. The minimum absolute atomic E-state index is 0.189. The number of hydrogen-bond acceptors (Lipinski definition) is 3. The summed E-state index contributed by atoms with van der Waals surface area (Å²) in [5.41, 5.74) is 0.244. The summed E-state index contributed by atoms with van der Waals surface area (Å²) in [6, 6.07) is 2.87. The molecule has 1 saturated heterocycles. The molecule has 1 atom stereocenters. The van der Waals surface area contributed by atoms with Gasteiger partial charge in [0.05, 0.1) is 0 Å². The van der Waals surface area contributed by atoms with Gasteiger partial charge in [-0.25, -0.2) is 14.9 Å². The van der Waals surface area contributed by atoms with Crippen LogP contribution in [0.5, 0.6) is 0 Å². The van der Waals surface area contributed by atoms with Crippen LogP contribution in [-0.4, -0.2) is 30.6 Å². The second kappa shape index (κ2) is 5.63. The van der Waals surface area contributed by atoms with Gasteiger partial charge in [-0.2, -0.15) is 0 Å². The molecule has 0 spiro atoms. The predicted molar refractivity (Wildman–Crippen MR) is 80.3 cm³/mol. The molecule has 0 radical (unpaired) electrons. The number of rotatable bonds is 2. The lowest BCUT2D eigenvalue weighted by Crippen LogP contribution is -2.61. The van der Waals surface area contributed by atoms with Crippen molar-refractivity contribution < 1.29 is 14.4 Å². The highest BCUT2D eigenvalue weighted by Gasteiger charge is 2.55. The molecule has 2 rings (SSSR count). The van der Waals surface area contributed by atoms with Crippen molar-refractivity contribution in [3.05, 3.63) is 28.2 Å². The standard InChI is InChI=1S/C13H13Cl2N3O3/c1-7(2)16-12(20)18(6-11(19)17-13(18)21)10-4-8(14)3-9(15)5-10/h3-5,7H,6H2,1-2H3,(H-,16,17,19,20,21)/p+1. The fraction of sp³-hybridized carbons (Fsp3) is 0.308. The van der Waals surface area contributed by atoms with Crippen molar-refractivity contribution in [2.45, 2.75) is 19.9 Å². The lowest BCUT2D eigenvalue weighted by Gasteiger charge is -2.26. The average molecular weight is 331 g/mol. The number of amides is 5. The van der Waals surface area contributed by atoms with Crippen LogP contribution in [0.2, 0.25) is 10.0 Å². The minimum Gasteiger partial charge on any atom is -0.303 e. The number of nitrogens with one attached hydrogen (secondary N) is 2. The number of carbonyl (C=O) groups is 3. The van der Waals surface area contributed by atoms with Gasteiger partial charge in [-0.05, 0) is 19.9 Å². The van der Waals surface area contributed by atoms with E-state index in [0.29, 0.717) is 0 Å². The number of quaternary nitrogens is 1. The van der Waals surface area contributed by atoms with E-state index < -0.39 is 22.5 Å². The van der Waals surface area contributed by atoms with Crippen molar-refractivity contribution in [1.29, 1.82) is 0 Å². The van der Waals surface area contributed by atoms with Crippen LogP contribution in [0.1, 0.15) is 13.8 Å². The van der Waals surface area contributed by atoms with Crippen molar-refractivity contribution in [2.75, 3.05) is 6.54 Å². The zero-order valence-electron chi connectivity index (χ0n) is 11.4. The van der Waals surface area contributed by atoms with Gasteiger partial charge in [0.15, 0.2) is 12.2 Å². The van der Waals surface area contributed by atoms with Gasteiger partial charge in [0.25, 0.3) is 5.91 Å². The van der Waals surface area contributed by atoms with Crippen molar-refractivity contribution in [3.8, 4) is 0 Å². The molecule has 112 valence electrons. The van der Waals surface area contributed by atoms with Crippen LogP contribution in [0.15, 0.2) is 18.2 Å². The summed E-state index contributed by atoms with van der Waals surface area (Å²) in [5.74, 6) is -0.532. The first-order chi connectivity index (χ1) is 9.75. The number of carbonyl (C=O) groups excluding carboxylic acids is 3. The van der Waals surface area contributed by atoms with Crippen LogP contribution < -0.4 is 15.1 Å². The smallest absolute Gasteiger partial charge is 0.303 e. The molecule has 1 aliphatic rings. The Balaban J connectivity index is 2.58. The second-order valence-corrected chi connectivity index (χ2v) is 5.93. The van der Waals surface area contributed by atoms with Crippen LogP contribution in [0.4, 0.5) is 15.3 Å². The van der Waals surface area contributed by atoms with E-state index in [2.05, 4.69) is 10.6 Å². The zero-order chi connectivity index (χ0) is 15.8. The molecule has 8 heteroatoms. The third kappa shape index (κ3) is 2.88. The lowest BCUT2D eigenvalue weighted by molar-refractivity contribution is -0.118. The van der Waals surface area contributed by atoms with Crippen molar-refractivity contribution in [2.24, 2.45) is 0 Å². The molecular formula is C13H14Cl2N3O3+. The fourth-order valence-electron chi connectivity index (χ4n) is 2.15. The Morgan fingerprint density at radius 3 is 2.24 bits per heavy atom. The molecule has 21 heavy (non-hydrogen) atoms. The first kappa shape index (κ1) is 15.8. The third-order valence-corrected chi connectivity index (χ3v) is 3.46. The molecule has 1 fully saturated rings. The van der Waals surface area contributed by atoms with Crippen LogP contribution in [0.25, 0.3) is 0 Å². The van der Waals surface area contributed by atoms with Crippen LogP contribution >= 0.6 is 23.2 Å². The van der Waals surface area contributed by atoms with Crippen molar-refractivity contribution in [1.82, 2.24) is 15.1 Å². The maximum absolute atomic E-state index is 12.5. The van der Waals surface area contributed by atoms with E-state index in [1.165, 1.54) is 18.2 Å². The van der Waals surface area contributed by atoms with Crippen molar-refractivity contribution in [3.63, 3.8) is 0 Å². The van der Waals surface area contributed by atoms with Gasteiger partial charge >= 0.3 is 12.1 Å². The van der Waals surface area contributed by atoms with E-state index in [-0.39, 0.29) is 28.3 Å². The number of urea groups is 2. The Morgan fingerprint density at radius 2 is 1.81 bits per heavy atom. The molecule has 1 aromatic rings. The van der Waals surface area contributed by atoms with Crippen LogP contribution in [0.3, 0.4) is 0 Å². The summed E-state index contributed by atoms with van der Waals surface area (Å²) in [6.45, 7) is 3.19. The first-order valence-electron chi connectivity index (χ1n) is 6.26. The molecule has 1 heterocycles. The molecule has 6 nitrogen and oxygen atoms in total. The van der Waals surface area contributed by atoms with E-state index in [4.69, 9.17) is 23.2 Å². The molecule has 5 amide bonds. The summed E-state index contributed by atoms with van der Waals surface area (Å²) in [4.78, 5) is 36.4. The number of halogens is 2. The van der Waals surface area contributed by atoms with Gasteiger partial charge in [0, 0.05) is 28.2 Å². The number of imide groups is 2. The van der Waals surface area contributed by atoms with Gasteiger partial charge in [0.2, 0.25) is 0 Å². The summed E-state index contributed by atoms with van der Waals surface area (Å²) in [6.07, 6.45) is 0. The largest absolute Gasteiger partial charge is 0.438 e. The van der Waals surface area contributed by atoms with Gasteiger partial charge < -0.3 is 5.32 Å². The number of benzene rings is 1. The minimum atomic E-state index is -0.822. The second-order valence-electron chi connectivity index (χ2n) is 5.05. The number of hydrogen-bond donors (Lipinski definition) is 2. The molecule has 0 bridgehead atoms. The molecule has 0 aromatic heterocycles. The maximum Gasteiger partial charge on any atom is 0.438 e. The van der Waals surface area contributed by atoms with E-state index in [1.54, 1.807) is 13.8 Å². The van der Waals surface area contributed by atoms with Crippen molar-refractivity contribution >= 4 is 46.9 Å². The Labute approximate surface area is 131 Å². The highest BCUT2D eigenvalue weighted by Crippen LogP contribution is 2.32. The van der Waals surface area contributed by atoms with Gasteiger partial charge in [-0.15, -0.1) is 4.48 Å². The normalized spacial score (nSPS) is 21.6. The maximum atomic E-state index is 12.5. The summed E-state index contributed by atoms with van der Waals surface area (Å²) in [7, 11) is 0. The quantitative estimate of drug-likeness (QED) is 0.646. The highest BCUT2D eigenvalue weighted by molar-refractivity contribution is 6.35. The molecule has 0 aliphatic carbocycles. The van der Waals surface area contributed by atoms with E-state index in [9.17, 15) is 14.4 Å². The molecule has 1 unspecified atom stereocenters. The highest BCUT2D eigenvalue weighted by atomic mass is 35.5. The summed E-state index contributed by atoms with van der Waals surface area (Å²) >= 11 is 11.9. The van der Waals surface area contributed by atoms with Crippen LogP contribution in [-0.2, 0) is 4.79 Å². The Hall–Kier alpha value is -1.63. The summed E-state index contributed by atoms with van der Waals surface area (Å²) < 4.78 is -0.822. The zero-order valence-corrected chi connectivity index (χ0v) is 13.0. The molecule has 2 N–H and O–H groups in total. The molecular weight excluding hydrogens is 317 g/mol. The summed E-state index contributed by atoms with van der Waals surface area (Å²) in [5, 5.41) is 5.35. The van der Waals surface area contributed by atoms with E-state index >= 15 is 0 Å². The number of nitrogens with zero attached hydrogens (tertiary/aromatic N) is 1. The Bertz CT molecular complexity index is 613.